The molecule has 0 unspecified atom stereocenters. The number of benzene rings is 1. The van der Waals surface area contributed by atoms with Crippen LogP contribution in [0.15, 0.2) is 24.3 Å². The summed E-state index contributed by atoms with van der Waals surface area (Å²) in [5, 5.41) is 12.0. The lowest BCUT2D eigenvalue weighted by molar-refractivity contribution is -0.148. The van der Waals surface area contributed by atoms with Gasteiger partial charge in [-0.15, -0.1) is 0 Å². The van der Waals surface area contributed by atoms with E-state index in [2.05, 4.69) is 38.4 Å². The van der Waals surface area contributed by atoms with Crippen LogP contribution < -0.4 is 4.90 Å². The minimum absolute atomic E-state index is 0.156. The second-order valence-electron chi connectivity index (χ2n) is 9.06. The SMILES string of the molecule is O=C1[C@H]2CCCC[C@@]2(O)C(=O)N1CCCCN1CCN(c2nsc3ccccc23)CC1. The van der Waals surface area contributed by atoms with Crippen LogP contribution in [0.2, 0.25) is 0 Å². The van der Waals surface area contributed by atoms with Crippen LogP contribution in [-0.4, -0.2) is 76.0 Å². The molecule has 0 spiro atoms. The molecule has 3 heterocycles. The second kappa shape index (κ2) is 8.48. The van der Waals surface area contributed by atoms with Crippen LogP contribution in [0.5, 0.6) is 0 Å². The maximum Gasteiger partial charge on any atom is 0.261 e. The zero-order valence-corrected chi connectivity index (χ0v) is 18.6. The third kappa shape index (κ3) is 3.75. The Kier molecular flexibility index (Phi) is 5.71. The number of amides is 2. The number of carbonyl (C=O) groups excluding carboxylic acids is 2. The number of piperazine rings is 1. The fourth-order valence-corrected chi connectivity index (χ4v) is 6.16. The third-order valence-electron chi connectivity index (χ3n) is 7.19. The van der Waals surface area contributed by atoms with Crippen LogP contribution in [0.1, 0.15) is 38.5 Å². The molecule has 3 fully saturated rings. The molecular weight excluding hydrogens is 412 g/mol. The lowest BCUT2D eigenvalue weighted by Crippen LogP contribution is -2.47. The quantitative estimate of drug-likeness (QED) is 0.547. The number of hydrogen-bond donors (Lipinski definition) is 1. The fraction of sp³-hybridized carbons (Fsp3) is 0.609. The van der Waals surface area contributed by atoms with E-state index in [0.717, 1.165) is 64.2 Å². The van der Waals surface area contributed by atoms with E-state index in [1.807, 2.05) is 0 Å². The van der Waals surface area contributed by atoms with Gasteiger partial charge in [-0.25, -0.2) is 0 Å². The lowest BCUT2D eigenvalue weighted by Gasteiger charge is -2.35. The minimum Gasteiger partial charge on any atom is -0.379 e. The van der Waals surface area contributed by atoms with Gasteiger partial charge in [0.2, 0.25) is 5.91 Å². The van der Waals surface area contributed by atoms with Gasteiger partial charge >= 0.3 is 0 Å². The van der Waals surface area contributed by atoms with Crippen molar-refractivity contribution < 1.29 is 14.7 Å². The summed E-state index contributed by atoms with van der Waals surface area (Å²) in [7, 11) is 0. The molecule has 0 bridgehead atoms. The minimum atomic E-state index is -1.43. The highest BCUT2D eigenvalue weighted by Crippen LogP contribution is 2.41. The molecule has 2 aliphatic heterocycles. The number of aromatic nitrogens is 1. The molecule has 0 radical (unpaired) electrons. The summed E-state index contributed by atoms with van der Waals surface area (Å²) < 4.78 is 5.91. The lowest BCUT2D eigenvalue weighted by atomic mass is 9.77. The van der Waals surface area contributed by atoms with E-state index in [1.165, 1.54) is 15.0 Å². The first-order chi connectivity index (χ1) is 15.1. The van der Waals surface area contributed by atoms with Gasteiger partial charge in [0.25, 0.3) is 5.91 Å². The van der Waals surface area contributed by atoms with E-state index in [4.69, 9.17) is 0 Å². The van der Waals surface area contributed by atoms with Gasteiger partial charge in [-0.1, -0.05) is 18.6 Å². The average molecular weight is 443 g/mol. The first kappa shape index (κ1) is 20.8. The molecule has 3 aliphatic rings. The molecule has 5 rings (SSSR count). The Morgan fingerprint density at radius 2 is 1.84 bits per heavy atom. The number of anilines is 1. The van der Waals surface area contributed by atoms with E-state index in [9.17, 15) is 14.7 Å². The normalized spacial score (nSPS) is 27.3. The Hall–Kier alpha value is -2.03. The van der Waals surface area contributed by atoms with E-state index in [1.54, 1.807) is 11.5 Å². The summed E-state index contributed by atoms with van der Waals surface area (Å²) in [6.45, 7) is 5.32. The van der Waals surface area contributed by atoms with Crippen molar-refractivity contribution in [2.24, 2.45) is 5.92 Å². The molecular formula is C23H30N4O3S. The van der Waals surface area contributed by atoms with Crippen molar-refractivity contribution in [3.05, 3.63) is 24.3 Å². The van der Waals surface area contributed by atoms with E-state index >= 15 is 0 Å². The summed E-state index contributed by atoms with van der Waals surface area (Å²) in [5.41, 5.74) is -1.43. The highest BCUT2D eigenvalue weighted by atomic mass is 32.1. The first-order valence-corrected chi connectivity index (χ1v) is 12.3. The molecule has 1 saturated carbocycles. The number of fused-ring (bicyclic) bond motifs is 2. The van der Waals surface area contributed by atoms with Crippen molar-refractivity contribution in [3.63, 3.8) is 0 Å². The summed E-state index contributed by atoms with van der Waals surface area (Å²) in [6, 6.07) is 8.39. The van der Waals surface area contributed by atoms with Gasteiger partial charge < -0.3 is 10.0 Å². The van der Waals surface area contributed by atoms with E-state index in [-0.39, 0.29) is 11.8 Å². The van der Waals surface area contributed by atoms with Gasteiger partial charge in [-0.05, 0) is 62.3 Å². The van der Waals surface area contributed by atoms with Crippen molar-refractivity contribution in [1.82, 2.24) is 14.2 Å². The maximum atomic E-state index is 12.6. The highest BCUT2D eigenvalue weighted by Gasteiger charge is 2.58. The van der Waals surface area contributed by atoms with Crippen molar-refractivity contribution in [2.45, 2.75) is 44.1 Å². The number of imide groups is 1. The molecule has 7 nitrogen and oxygen atoms in total. The van der Waals surface area contributed by atoms with Crippen LogP contribution in [-0.2, 0) is 9.59 Å². The molecule has 1 aromatic carbocycles. The molecule has 2 amide bonds. The average Bonchev–Trinajstić information content (AvgIpc) is 3.30. The van der Waals surface area contributed by atoms with Gasteiger partial charge in [-0.2, -0.15) is 4.37 Å². The predicted molar refractivity (Wildman–Crippen MR) is 121 cm³/mol. The van der Waals surface area contributed by atoms with Crippen LogP contribution in [0.4, 0.5) is 5.82 Å². The molecule has 2 saturated heterocycles. The molecule has 166 valence electrons. The van der Waals surface area contributed by atoms with Gasteiger partial charge in [0, 0.05) is 38.1 Å². The molecule has 8 heteroatoms. The summed E-state index contributed by atoms with van der Waals surface area (Å²) in [4.78, 5) is 31.4. The Balaban J connectivity index is 1.08. The van der Waals surface area contributed by atoms with Crippen LogP contribution in [0.25, 0.3) is 10.1 Å². The number of aliphatic hydroxyl groups is 1. The standard InChI is InChI=1S/C23H30N4O3S/c28-21-18-8-3-4-10-23(18,30)22(29)27(21)12-6-5-11-25-13-15-26(16-14-25)20-17-7-1-2-9-19(17)31-24-20/h1-2,7,9,18,30H,3-6,8,10-16H2/t18-,23+/m1/s1. The molecule has 2 aromatic rings. The van der Waals surface area contributed by atoms with Gasteiger partial charge in [0.1, 0.15) is 5.82 Å². The van der Waals surface area contributed by atoms with Crippen LogP contribution >= 0.6 is 11.5 Å². The first-order valence-electron chi connectivity index (χ1n) is 11.5. The molecule has 1 aliphatic carbocycles. The largest absolute Gasteiger partial charge is 0.379 e. The number of unbranched alkanes of at least 4 members (excludes halogenated alkanes) is 1. The molecule has 31 heavy (non-hydrogen) atoms. The van der Waals surface area contributed by atoms with Crippen LogP contribution in [0.3, 0.4) is 0 Å². The summed E-state index contributed by atoms with van der Waals surface area (Å²) >= 11 is 1.56. The van der Waals surface area contributed by atoms with Crippen molar-refractivity contribution >= 4 is 39.3 Å². The predicted octanol–water partition coefficient (Wildman–Crippen LogP) is 2.49. The van der Waals surface area contributed by atoms with Crippen LogP contribution in [0, 0.1) is 5.92 Å². The Morgan fingerprint density at radius 1 is 1.06 bits per heavy atom. The maximum absolute atomic E-state index is 12.6. The number of rotatable bonds is 6. The van der Waals surface area contributed by atoms with Gasteiger partial charge in [0.15, 0.2) is 5.60 Å². The van der Waals surface area contributed by atoms with E-state index in [0.29, 0.717) is 19.4 Å². The van der Waals surface area contributed by atoms with Gasteiger partial charge in [-0.3, -0.25) is 19.4 Å². The summed E-state index contributed by atoms with van der Waals surface area (Å²) in [5.74, 6) is 0.0805. The van der Waals surface area contributed by atoms with Crippen molar-refractivity contribution in [2.75, 3.05) is 44.2 Å². The molecule has 1 aromatic heterocycles. The number of likely N-dealkylation sites (tertiary alicyclic amines) is 1. The van der Waals surface area contributed by atoms with E-state index < -0.39 is 11.5 Å². The fourth-order valence-electron chi connectivity index (χ4n) is 5.36. The third-order valence-corrected chi connectivity index (χ3v) is 8.01. The smallest absolute Gasteiger partial charge is 0.261 e. The number of hydrogen-bond acceptors (Lipinski definition) is 7. The Labute approximate surface area is 186 Å². The number of nitrogens with zero attached hydrogens (tertiary/aromatic N) is 4. The topological polar surface area (TPSA) is 77.0 Å². The van der Waals surface area contributed by atoms with Crippen molar-refractivity contribution in [3.8, 4) is 0 Å². The molecule has 1 N–H and O–H groups in total. The number of carbonyl (C=O) groups is 2. The second-order valence-corrected chi connectivity index (χ2v) is 9.86. The molecule has 2 atom stereocenters. The zero-order valence-electron chi connectivity index (χ0n) is 17.8. The summed E-state index contributed by atoms with van der Waals surface area (Å²) in [6.07, 6.45) is 4.54. The highest BCUT2D eigenvalue weighted by molar-refractivity contribution is 7.13. The Bertz CT molecular complexity index is 971. The van der Waals surface area contributed by atoms with Crippen molar-refractivity contribution in [1.29, 1.82) is 0 Å². The monoisotopic (exact) mass is 442 g/mol. The van der Waals surface area contributed by atoms with Gasteiger partial charge in [0.05, 0.1) is 10.6 Å². The Morgan fingerprint density at radius 3 is 2.65 bits per heavy atom. The zero-order chi connectivity index (χ0) is 21.4.